The number of hydrogen-bond acceptors (Lipinski definition) is 2. The number of phenols is 1. The van der Waals surface area contributed by atoms with E-state index in [-0.39, 0.29) is 11.5 Å². The molecule has 0 saturated carbocycles. The SMILES string of the molecule is O=C1CCCc2c1ccc(Br)c2O. The zero-order valence-electron chi connectivity index (χ0n) is 7.01. The number of benzene rings is 1. The van der Waals surface area contributed by atoms with Crippen molar-refractivity contribution in [2.45, 2.75) is 19.3 Å². The summed E-state index contributed by atoms with van der Waals surface area (Å²) in [4.78, 5) is 11.4. The molecule has 3 heteroatoms. The van der Waals surface area contributed by atoms with Crippen LogP contribution in [0.5, 0.6) is 5.75 Å². The number of rotatable bonds is 0. The Kier molecular flexibility index (Phi) is 2.12. The van der Waals surface area contributed by atoms with Crippen molar-refractivity contribution in [2.75, 3.05) is 0 Å². The zero-order valence-corrected chi connectivity index (χ0v) is 8.60. The lowest BCUT2D eigenvalue weighted by atomic mass is 9.90. The number of halogens is 1. The van der Waals surface area contributed by atoms with Crippen molar-refractivity contribution in [3.8, 4) is 5.75 Å². The maximum atomic E-state index is 11.4. The molecule has 0 saturated heterocycles. The minimum atomic E-state index is 0.143. The van der Waals surface area contributed by atoms with Crippen LogP contribution in [0.4, 0.5) is 0 Å². The highest BCUT2D eigenvalue weighted by atomic mass is 79.9. The van der Waals surface area contributed by atoms with Crippen molar-refractivity contribution in [1.82, 2.24) is 0 Å². The molecule has 0 bridgehead atoms. The maximum absolute atomic E-state index is 11.4. The average Bonchev–Trinajstić information content (AvgIpc) is 2.12. The highest BCUT2D eigenvalue weighted by Crippen LogP contribution is 2.34. The van der Waals surface area contributed by atoms with Crippen LogP contribution in [0.2, 0.25) is 0 Å². The van der Waals surface area contributed by atoms with Crippen LogP contribution >= 0.6 is 15.9 Å². The molecule has 0 fully saturated rings. The second kappa shape index (κ2) is 3.14. The largest absolute Gasteiger partial charge is 0.506 e. The molecule has 2 nitrogen and oxygen atoms in total. The van der Waals surface area contributed by atoms with Gasteiger partial charge >= 0.3 is 0 Å². The molecule has 2 rings (SSSR count). The monoisotopic (exact) mass is 240 g/mol. The second-order valence-corrected chi connectivity index (χ2v) is 4.05. The number of carbonyl (C=O) groups excluding carboxylic acids is 1. The molecule has 0 amide bonds. The van der Waals surface area contributed by atoms with E-state index in [0.29, 0.717) is 16.5 Å². The van der Waals surface area contributed by atoms with Gasteiger partial charge in [-0.25, -0.2) is 0 Å². The van der Waals surface area contributed by atoms with Crippen LogP contribution in [0.1, 0.15) is 28.8 Å². The molecule has 1 aliphatic rings. The van der Waals surface area contributed by atoms with E-state index >= 15 is 0 Å². The van der Waals surface area contributed by atoms with Crippen LogP contribution in [-0.2, 0) is 6.42 Å². The Morgan fingerprint density at radius 1 is 1.31 bits per heavy atom. The predicted molar refractivity (Wildman–Crippen MR) is 53.1 cm³/mol. The number of aromatic hydroxyl groups is 1. The summed E-state index contributed by atoms with van der Waals surface area (Å²) in [5, 5.41) is 9.66. The minimum Gasteiger partial charge on any atom is -0.506 e. The van der Waals surface area contributed by atoms with E-state index in [2.05, 4.69) is 15.9 Å². The molecule has 0 spiro atoms. The highest BCUT2D eigenvalue weighted by Gasteiger charge is 2.20. The van der Waals surface area contributed by atoms with Gasteiger partial charge in [0.1, 0.15) is 5.75 Å². The van der Waals surface area contributed by atoms with Crippen molar-refractivity contribution in [1.29, 1.82) is 0 Å². The topological polar surface area (TPSA) is 37.3 Å². The Balaban J connectivity index is 2.63. The maximum Gasteiger partial charge on any atom is 0.163 e. The highest BCUT2D eigenvalue weighted by molar-refractivity contribution is 9.10. The molecule has 1 aliphatic carbocycles. The number of Topliss-reactive ketones (excluding diaryl/α,β-unsaturated/α-hetero) is 1. The van der Waals surface area contributed by atoms with Crippen LogP contribution in [0.15, 0.2) is 16.6 Å². The van der Waals surface area contributed by atoms with E-state index in [0.717, 1.165) is 18.4 Å². The van der Waals surface area contributed by atoms with Gasteiger partial charge in [-0.05, 0) is 40.9 Å². The molecule has 0 unspecified atom stereocenters. The lowest BCUT2D eigenvalue weighted by Gasteiger charge is -2.16. The number of fused-ring (bicyclic) bond motifs is 1. The normalized spacial score (nSPS) is 15.6. The van der Waals surface area contributed by atoms with Crippen molar-refractivity contribution < 1.29 is 9.90 Å². The number of phenolic OH excluding ortho intramolecular Hbond substituents is 1. The summed E-state index contributed by atoms with van der Waals surface area (Å²) in [6, 6.07) is 3.50. The fourth-order valence-electron chi connectivity index (χ4n) is 1.68. The van der Waals surface area contributed by atoms with Gasteiger partial charge < -0.3 is 5.11 Å². The third-order valence-electron chi connectivity index (χ3n) is 2.36. The van der Waals surface area contributed by atoms with E-state index in [1.807, 2.05) is 0 Å². The Labute approximate surface area is 84.7 Å². The van der Waals surface area contributed by atoms with Crippen LogP contribution in [0.3, 0.4) is 0 Å². The lowest BCUT2D eigenvalue weighted by Crippen LogP contribution is -2.10. The summed E-state index contributed by atoms with van der Waals surface area (Å²) in [6.45, 7) is 0. The molecule has 0 aliphatic heterocycles. The molecule has 68 valence electrons. The number of carbonyl (C=O) groups is 1. The van der Waals surface area contributed by atoms with Crippen molar-refractivity contribution in [3.63, 3.8) is 0 Å². The second-order valence-electron chi connectivity index (χ2n) is 3.20. The molecular formula is C10H9BrO2. The first-order valence-electron chi connectivity index (χ1n) is 4.23. The quantitative estimate of drug-likeness (QED) is 0.758. The van der Waals surface area contributed by atoms with Crippen LogP contribution < -0.4 is 0 Å². The van der Waals surface area contributed by atoms with Crippen LogP contribution in [0, 0.1) is 0 Å². The third-order valence-corrected chi connectivity index (χ3v) is 3.00. The fourth-order valence-corrected chi connectivity index (χ4v) is 2.05. The summed E-state index contributed by atoms with van der Waals surface area (Å²) in [7, 11) is 0. The first-order valence-corrected chi connectivity index (χ1v) is 5.03. The van der Waals surface area contributed by atoms with Crippen LogP contribution in [0.25, 0.3) is 0 Å². The Morgan fingerprint density at radius 2 is 2.08 bits per heavy atom. The molecule has 0 radical (unpaired) electrons. The van der Waals surface area contributed by atoms with Gasteiger partial charge in [-0.3, -0.25) is 4.79 Å². The summed E-state index contributed by atoms with van der Waals surface area (Å²) < 4.78 is 0.668. The zero-order chi connectivity index (χ0) is 9.42. The van der Waals surface area contributed by atoms with E-state index in [4.69, 9.17) is 0 Å². The van der Waals surface area contributed by atoms with Crippen molar-refractivity contribution in [2.24, 2.45) is 0 Å². The van der Waals surface area contributed by atoms with Crippen molar-refractivity contribution >= 4 is 21.7 Å². The Bertz CT molecular complexity index is 371. The summed E-state index contributed by atoms with van der Waals surface area (Å²) in [5.74, 6) is 0.370. The molecule has 13 heavy (non-hydrogen) atoms. The summed E-state index contributed by atoms with van der Waals surface area (Å²) >= 11 is 3.23. The Morgan fingerprint density at radius 3 is 2.85 bits per heavy atom. The van der Waals surface area contributed by atoms with Crippen LogP contribution in [-0.4, -0.2) is 10.9 Å². The van der Waals surface area contributed by atoms with E-state index in [9.17, 15) is 9.90 Å². The van der Waals surface area contributed by atoms with Gasteiger partial charge in [0.2, 0.25) is 0 Å². The lowest BCUT2D eigenvalue weighted by molar-refractivity contribution is 0.0971. The molecule has 0 heterocycles. The molecule has 1 aromatic carbocycles. The third kappa shape index (κ3) is 1.37. The molecule has 1 N–H and O–H groups in total. The van der Waals surface area contributed by atoms with Gasteiger partial charge in [0, 0.05) is 17.5 Å². The van der Waals surface area contributed by atoms with Gasteiger partial charge in [-0.2, -0.15) is 0 Å². The van der Waals surface area contributed by atoms with Gasteiger partial charge in [0.25, 0.3) is 0 Å². The first kappa shape index (κ1) is 8.75. The van der Waals surface area contributed by atoms with Gasteiger partial charge in [0.15, 0.2) is 5.78 Å². The molecule has 0 aromatic heterocycles. The summed E-state index contributed by atoms with van der Waals surface area (Å²) in [6.07, 6.45) is 2.25. The predicted octanol–water partition coefficient (Wildman–Crippen LogP) is 2.67. The number of hydrogen-bond donors (Lipinski definition) is 1. The number of ketones is 1. The Hall–Kier alpha value is -0.830. The standard InChI is InChI=1S/C10H9BrO2/c11-8-5-4-6-7(10(8)13)2-1-3-9(6)12/h4-5,13H,1-3H2. The van der Waals surface area contributed by atoms with Gasteiger partial charge in [0.05, 0.1) is 4.47 Å². The molecular weight excluding hydrogens is 232 g/mol. The van der Waals surface area contributed by atoms with E-state index in [1.165, 1.54) is 0 Å². The fraction of sp³-hybridized carbons (Fsp3) is 0.300. The van der Waals surface area contributed by atoms with E-state index < -0.39 is 0 Å². The first-order chi connectivity index (χ1) is 6.20. The van der Waals surface area contributed by atoms with Crippen molar-refractivity contribution in [3.05, 3.63) is 27.7 Å². The van der Waals surface area contributed by atoms with Gasteiger partial charge in [-0.1, -0.05) is 0 Å². The molecule has 0 atom stereocenters. The smallest absolute Gasteiger partial charge is 0.163 e. The minimum absolute atomic E-state index is 0.143. The van der Waals surface area contributed by atoms with Gasteiger partial charge in [-0.15, -0.1) is 0 Å². The summed E-state index contributed by atoms with van der Waals surface area (Å²) in [5.41, 5.74) is 1.48. The molecule has 1 aromatic rings. The van der Waals surface area contributed by atoms with E-state index in [1.54, 1.807) is 12.1 Å². The average molecular weight is 241 g/mol.